The number of aliphatic carboxylic acids is 1. The molecule has 2 aliphatic carbocycles. The lowest BCUT2D eigenvalue weighted by Crippen LogP contribution is -2.17. The predicted octanol–water partition coefficient (Wildman–Crippen LogP) is 5.90. The van der Waals surface area contributed by atoms with Crippen LogP contribution in [0.4, 0.5) is 5.69 Å². The summed E-state index contributed by atoms with van der Waals surface area (Å²) in [6.45, 7) is 2.91. The van der Waals surface area contributed by atoms with Crippen LogP contribution in [-0.4, -0.2) is 37.4 Å². The van der Waals surface area contributed by atoms with Gasteiger partial charge in [0.1, 0.15) is 5.75 Å². The third-order valence-electron chi connectivity index (χ3n) is 6.85. The quantitative estimate of drug-likeness (QED) is 0.548. The van der Waals surface area contributed by atoms with Gasteiger partial charge in [-0.1, -0.05) is 14.6 Å². The van der Waals surface area contributed by atoms with Crippen molar-refractivity contribution in [3.8, 4) is 16.9 Å². The summed E-state index contributed by atoms with van der Waals surface area (Å²) >= 11 is 0. The molecule has 2 saturated carbocycles. The number of ether oxygens (including phenoxy) is 1. The molecule has 2 aromatic rings. The van der Waals surface area contributed by atoms with Crippen molar-refractivity contribution in [3.05, 3.63) is 46.5 Å². The molecule has 5 heteroatoms. The Hall–Kier alpha value is -2.06. The van der Waals surface area contributed by atoms with Crippen LogP contribution in [0.25, 0.3) is 11.1 Å². The third kappa shape index (κ3) is 4.07. The van der Waals surface area contributed by atoms with Crippen LogP contribution in [0.15, 0.2) is 24.3 Å². The van der Waals surface area contributed by atoms with Crippen molar-refractivity contribution < 1.29 is 14.6 Å². The Morgan fingerprint density at radius 1 is 1.19 bits per heavy atom. The molecule has 0 spiro atoms. The summed E-state index contributed by atoms with van der Waals surface area (Å²) in [4.78, 5) is 14.7. The molecule has 5 rings (SSSR count). The number of rotatable bonds is 7. The minimum Gasteiger partial charge on any atom is -0.493 e. The number of fused-ring (bicyclic) bond motifs is 1. The van der Waals surface area contributed by atoms with E-state index in [9.17, 15) is 9.90 Å². The molecule has 2 fully saturated rings. The maximum Gasteiger partial charge on any atom is 0.315 e. The Kier molecular flexibility index (Phi) is 5.46. The fraction of sp³-hybridized carbons (Fsp3) is 0.500. The maximum atomic E-state index is 12.6. The largest absolute Gasteiger partial charge is 0.493 e. The fourth-order valence-electron chi connectivity index (χ4n) is 4.95. The molecule has 2 aromatic carbocycles. The van der Waals surface area contributed by atoms with Gasteiger partial charge in [0.2, 0.25) is 0 Å². The van der Waals surface area contributed by atoms with E-state index in [1.807, 2.05) is 0 Å². The summed E-state index contributed by atoms with van der Waals surface area (Å²) in [5.41, 5.74) is 8.45. The predicted molar refractivity (Wildman–Crippen MR) is 128 cm³/mol. The minimum atomic E-state index is -0.673. The van der Waals surface area contributed by atoms with Gasteiger partial charge in [0.25, 0.3) is 0 Å². The van der Waals surface area contributed by atoms with Crippen LogP contribution in [0.1, 0.15) is 65.9 Å². The first-order chi connectivity index (χ1) is 14.9. The lowest BCUT2D eigenvalue weighted by atomic mass is 9.85. The van der Waals surface area contributed by atoms with Crippen molar-refractivity contribution in [2.75, 3.05) is 25.6 Å². The number of hydrogen-bond donors (Lipinski definition) is 1. The number of benzene rings is 2. The van der Waals surface area contributed by atoms with Crippen LogP contribution >= 0.6 is 8.58 Å². The lowest BCUT2D eigenvalue weighted by Gasteiger charge is -2.28. The molecule has 2 atom stereocenters. The lowest BCUT2D eigenvalue weighted by molar-refractivity contribution is -0.136. The van der Waals surface area contributed by atoms with E-state index >= 15 is 0 Å². The van der Waals surface area contributed by atoms with Gasteiger partial charge in [-0.05, 0) is 109 Å². The van der Waals surface area contributed by atoms with Gasteiger partial charge in [0.05, 0.1) is 12.3 Å². The second-order valence-corrected chi connectivity index (χ2v) is 11.3. The highest BCUT2D eigenvalue weighted by Gasteiger charge is 2.37. The average molecular weight is 438 g/mol. The number of nitrogens with zero attached hydrogens (tertiary/aromatic N) is 1. The summed E-state index contributed by atoms with van der Waals surface area (Å²) in [5, 5.41) is 10.3. The van der Waals surface area contributed by atoms with Crippen LogP contribution in [0, 0.1) is 6.92 Å². The Bertz CT molecular complexity index is 1020. The van der Waals surface area contributed by atoms with Gasteiger partial charge in [-0.25, -0.2) is 0 Å². The molecule has 1 aliphatic heterocycles. The van der Waals surface area contributed by atoms with Crippen LogP contribution in [0.2, 0.25) is 0 Å². The van der Waals surface area contributed by atoms with Gasteiger partial charge >= 0.3 is 5.97 Å². The van der Waals surface area contributed by atoms with Crippen LogP contribution in [0.5, 0.6) is 5.75 Å². The zero-order valence-electron chi connectivity index (χ0n) is 18.7. The van der Waals surface area contributed by atoms with Crippen molar-refractivity contribution in [2.24, 2.45) is 0 Å². The monoisotopic (exact) mass is 437 g/mol. The first-order valence-corrected chi connectivity index (χ1v) is 12.7. The molecule has 1 heterocycles. The van der Waals surface area contributed by atoms with Crippen molar-refractivity contribution in [1.82, 2.24) is 0 Å². The number of carboxylic acid groups (broad SMARTS) is 1. The van der Waals surface area contributed by atoms with Crippen LogP contribution in [-0.2, 0) is 11.2 Å². The van der Waals surface area contributed by atoms with Gasteiger partial charge in [-0.2, -0.15) is 0 Å². The zero-order chi connectivity index (χ0) is 21.7. The molecule has 0 aromatic heterocycles. The molecule has 3 aliphatic rings. The second-order valence-electron chi connectivity index (χ2n) is 9.55. The third-order valence-corrected chi connectivity index (χ3v) is 8.77. The minimum absolute atomic E-state index is 0.424. The number of carbonyl (C=O) groups is 1. The Morgan fingerprint density at radius 2 is 1.97 bits per heavy atom. The van der Waals surface area contributed by atoms with Gasteiger partial charge < -0.3 is 14.7 Å². The van der Waals surface area contributed by atoms with Gasteiger partial charge in [-0.3, -0.25) is 4.79 Å². The summed E-state index contributed by atoms with van der Waals surface area (Å²) in [6.07, 6.45) is 6.81. The molecule has 31 heavy (non-hydrogen) atoms. The first kappa shape index (κ1) is 20.8. The van der Waals surface area contributed by atoms with E-state index < -0.39 is 11.6 Å². The van der Waals surface area contributed by atoms with E-state index in [0.29, 0.717) is 20.2 Å². The smallest absolute Gasteiger partial charge is 0.315 e. The topological polar surface area (TPSA) is 49.8 Å². The summed E-state index contributed by atoms with van der Waals surface area (Å²) in [6, 6.07) is 8.86. The maximum absolute atomic E-state index is 12.6. The van der Waals surface area contributed by atoms with E-state index in [1.54, 1.807) is 0 Å². The molecule has 1 N–H and O–H groups in total. The van der Waals surface area contributed by atoms with E-state index in [1.165, 1.54) is 47.9 Å². The van der Waals surface area contributed by atoms with Crippen molar-refractivity contribution in [3.63, 3.8) is 0 Å². The van der Waals surface area contributed by atoms with E-state index in [2.05, 4.69) is 50.2 Å². The highest BCUT2D eigenvalue weighted by atomic mass is 31.1. The SMILES string of the molecule is Cc1c(N(C)C)cc(C2CC2)c(-c2ccc3c(c2)CCCO3)c1C(PC1CC1)C(=O)O. The normalized spacial score (nSPS) is 19.2. The van der Waals surface area contributed by atoms with E-state index in [-0.39, 0.29) is 0 Å². The van der Waals surface area contributed by atoms with Crippen LogP contribution < -0.4 is 9.64 Å². The Balaban J connectivity index is 1.75. The van der Waals surface area contributed by atoms with Crippen molar-refractivity contribution >= 4 is 20.2 Å². The molecule has 2 unspecified atom stereocenters. The van der Waals surface area contributed by atoms with Crippen molar-refractivity contribution in [2.45, 2.75) is 62.7 Å². The van der Waals surface area contributed by atoms with Crippen LogP contribution in [0.3, 0.4) is 0 Å². The standard InChI is InChI=1S/C26H32NO3P/c1-15-21(27(2)3)14-20(16-6-7-16)24(23(15)25(26(28)29)31-19-9-10-19)18-8-11-22-17(13-18)5-4-12-30-22/h8,11,13-14,16,19,25,31H,4-7,9-10,12H2,1-3H3,(H,28,29). The molecule has 4 nitrogen and oxygen atoms in total. The summed E-state index contributed by atoms with van der Waals surface area (Å²) in [7, 11) is 4.58. The molecule has 164 valence electrons. The highest BCUT2D eigenvalue weighted by Crippen LogP contribution is 2.55. The Morgan fingerprint density at radius 3 is 2.61 bits per heavy atom. The highest BCUT2D eigenvalue weighted by molar-refractivity contribution is 7.41. The molecule has 0 amide bonds. The van der Waals surface area contributed by atoms with Gasteiger partial charge in [-0.15, -0.1) is 0 Å². The van der Waals surface area contributed by atoms with E-state index in [4.69, 9.17) is 4.74 Å². The first-order valence-electron chi connectivity index (χ1n) is 11.5. The number of anilines is 1. The number of aryl methyl sites for hydroxylation is 1. The summed E-state index contributed by atoms with van der Waals surface area (Å²) in [5.74, 6) is 0.855. The molecular formula is C26H32NO3P. The molecular weight excluding hydrogens is 405 g/mol. The van der Waals surface area contributed by atoms with Crippen molar-refractivity contribution in [1.29, 1.82) is 0 Å². The average Bonchev–Trinajstić information content (AvgIpc) is 3.65. The zero-order valence-corrected chi connectivity index (χ0v) is 19.7. The van der Waals surface area contributed by atoms with Gasteiger partial charge in [0.15, 0.2) is 0 Å². The second kappa shape index (κ2) is 8.13. The molecule has 0 bridgehead atoms. The fourth-order valence-corrected chi connectivity index (χ4v) is 6.59. The molecule has 0 radical (unpaired) electrons. The van der Waals surface area contributed by atoms with Gasteiger partial charge in [0, 0.05) is 19.8 Å². The number of carboxylic acids is 1. The van der Waals surface area contributed by atoms with E-state index in [0.717, 1.165) is 42.0 Å². The summed E-state index contributed by atoms with van der Waals surface area (Å²) < 4.78 is 5.86. The molecule has 0 saturated heterocycles. The number of hydrogen-bond acceptors (Lipinski definition) is 3. The Labute approximate surface area is 186 Å².